The fraction of sp³-hybridized carbons (Fsp3) is 0.462. The third-order valence-corrected chi connectivity index (χ3v) is 3.00. The first-order chi connectivity index (χ1) is 10.9. The van der Waals surface area contributed by atoms with Crippen LogP contribution in [0, 0.1) is 0 Å². The van der Waals surface area contributed by atoms with Gasteiger partial charge >= 0.3 is 6.36 Å². The molecule has 1 N–H and O–H groups in total. The zero-order valence-corrected chi connectivity index (χ0v) is 12.7. The molecule has 0 bridgehead atoms. The van der Waals surface area contributed by atoms with Gasteiger partial charge in [0.2, 0.25) is 0 Å². The minimum atomic E-state index is -4.71. The van der Waals surface area contributed by atoms with Gasteiger partial charge in [-0.15, -0.1) is 18.3 Å². The van der Waals surface area contributed by atoms with E-state index in [1.807, 2.05) is 19.0 Å². The maximum absolute atomic E-state index is 12.2. The summed E-state index contributed by atoms with van der Waals surface area (Å²) in [5, 5.41) is 14.5. The Hall–Kier alpha value is -2.20. The van der Waals surface area contributed by atoms with Gasteiger partial charge in [-0.2, -0.15) is 4.68 Å². The number of alkyl halides is 3. The second-order valence-electron chi connectivity index (χ2n) is 4.89. The van der Waals surface area contributed by atoms with Crippen LogP contribution in [-0.2, 0) is 6.54 Å². The third-order valence-electron chi connectivity index (χ3n) is 3.00. The number of aromatic nitrogens is 4. The fourth-order valence-electron chi connectivity index (χ4n) is 1.92. The highest BCUT2D eigenvalue weighted by Gasteiger charge is 2.31. The molecule has 0 saturated heterocycles. The number of rotatable bonds is 7. The lowest BCUT2D eigenvalue weighted by Crippen LogP contribution is -2.28. The van der Waals surface area contributed by atoms with Crippen molar-refractivity contribution in [3.05, 3.63) is 30.1 Å². The van der Waals surface area contributed by atoms with E-state index >= 15 is 0 Å². The molecule has 1 aromatic heterocycles. The summed E-state index contributed by atoms with van der Waals surface area (Å²) in [6.07, 6.45) is -4.71. The summed E-state index contributed by atoms with van der Waals surface area (Å²) in [7, 11) is 3.79. The Balaban J connectivity index is 2.09. The van der Waals surface area contributed by atoms with Gasteiger partial charge in [0.15, 0.2) is 5.82 Å². The number of benzene rings is 1. The quantitative estimate of drug-likeness (QED) is 0.823. The summed E-state index contributed by atoms with van der Waals surface area (Å²) in [6.45, 7) is 2.14. The van der Waals surface area contributed by atoms with Crippen LogP contribution in [0.5, 0.6) is 5.75 Å². The minimum Gasteiger partial charge on any atom is -0.406 e. The first kappa shape index (κ1) is 17.2. The highest BCUT2D eigenvalue weighted by Crippen LogP contribution is 2.23. The average Bonchev–Trinajstić information content (AvgIpc) is 2.92. The molecule has 126 valence electrons. The first-order valence-electron chi connectivity index (χ1n) is 6.85. The topological polar surface area (TPSA) is 68.1 Å². The molecule has 10 heteroatoms. The molecule has 0 radical (unpaired) electrons. The van der Waals surface area contributed by atoms with Crippen molar-refractivity contribution in [2.24, 2.45) is 0 Å². The minimum absolute atomic E-state index is 0.290. The lowest BCUT2D eigenvalue weighted by molar-refractivity contribution is -0.274. The van der Waals surface area contributed by atoms with E-state index in [0.29, 0.717) is 18.1 Å². The molecule has 0 fully saturated rings. The largest absolute Gasteiger partial charge is 0.573 e. The maximum atomic E-state index is 12.2. The first-order valence-corrected chi connectivity index (χ1v) is 6.85. The number of halogens is 3. The Labute approximate surface area is 131 Å². The predicted molar refractivity (Wildman–Crippen MR) is 76.1 cm³/mol. The van der Waals surface area contributed by atoms with Gasteiger partial charge in [0.25, 0.3) is 0 Å². The van der Waals surface area contributed by atoms with E-state index in [1.54, 1.807) is 0 Å². The lowest BCUT2D eigenvalue weighted by atomic mass is 10.3. The van der Waals surface area contributed by atoms with E-state index in [0.717, 1.165) is 13.1 Å². The molecule has 0 spiro atoms. The lowest BCUT2D eigenvalue weighted by Gasteiger charge is -2.15. The number of hydrogen-bond acceptors (Lipinski definition) is 6. The van der Waals surface area contributed by atoms with Crippen molar-refractivity contribution < 1.29 is 17.9 Å². The van der Waals surface area contributed by atoms with Gasteiger partial charge in [0.1, 0.15) is 5.75 Å². The van der Waals surface area contributed by atoms with Crippen LogP contribution in [0.4, 0.5) is 13.2 Å². The molecule has 0 amide bonds. The monoisotopic (exact) mass is 330 g/mol. The maximum Gasteiger partial charge on any atom is 0.573 e. The molecule has 0 aliphatic carbocycles. The van der Waals surface area contributed by atoms with Gasteiger partial charge < -0.3 is 10.1 Å². The highest BCUT2D eigenvalue weighted by molar-refractivity contribution is 5.37. The summed E-state index contributed by atoms with van der Waals surface area (Å²) in [6, 6.07) is 5.38. The van der Waals surface area contributed by atoms with Crippen LogP contribution in [0.15, 0.2) is 24.3 Å². The Kier molecular flexibility index (Phi) is 5.50. The van der Waals surface area contributed by atoms with E-state index in [2.05, 4.69) is 25.6 Å². The molecular formula is C13H17F3N6O. The number of nitrogens with one attached hydrogen (secondary N) is 1. The molecule has 23 heavy (non-hydrogen) atoms. The van der Waals surface area contributed by atoms with Crippen molar-refractivity contribution in [2.75, 3.05) is 27.2 Å². The molecule has 0 unspecified atom stereocenters. The van der Waals surface area contributed by atoms with Crippen molar-refractivity contribution in [3.63, 3.8) is 0 Å². The number of likely N-dealkylation sites (N-methyl/N-ethyl adjacent to an activating group) is 2. The van der Waals surface area contributed by atoms with Crippen LogP contribution in [0.1, 0.15) is 5.82 Å². The molecule has 1 aromatic carbocycles. The van der Waals surface area contributed by atoms with Crippen LogP contribution in [0.3, 0.4) is 0 Å². The van der Waals surface area contributed by atoms with Crippen molar-refractivity contribution >= 4 is 0 Å². The van der Waals surface area contributed by atoms with Crippen molar-refractivity contribution in [1.82, 2.24) is 30.4 Å². The van der Waals surface area contributed by atoms with Crippen LogP contribution in [-0.4, -0.2) is 58.7 Å². The molecule has 0 atom stereocenters. The van der Waals surface area contributed by atoms with Gasteiger partial charge in [-0.05, 0) is 48.8 Å². The van der Waals surface area contributed by atoms with Crippen LogP contribution in [0.2, 0.25) is 0 Å². The van der Waals surface area contributed by atoms with Crippen molar-refractivity contribution in [3.8, 4) is 11.4 Å². The number of tetrazole rings is 1. The third kappa shape index (κ3) is 5.18. The summed E-state index contributed by atoms with van der Waals surface area (Å²) in [4.78, 5) is 2.03. The summed E-state index contributed by atoms with van der Waals surface area (Å²) >= 11 is 0. The average molecular weight is 330 g/mol. The Morgan fingerprint density at radius 1 is 1.26 bits per heavy atom. The normalized spacial score (nSPS) is 11.9. The number of hydrogen-bond donors (Lipinski definition) is 1. The summed E-state index contributed by atoms with van der Waals surface area (Å²) in [5.74, 6) is 0.301. The standard InChI is InChI=1S/C13H17F3N6O/c1-17-7-8-21(2)9-12-18-19-20-22(12)10-3-5-11(6-4-10)23-13(14,15)16/h3-6,17H,7-9H2,1-2H3. The molecule has 2 rings (SSSR count). The Morgan fingerprint density at radius 3 is 2.57 bits per heavy atom. The number of nitrogens with zero attached hydrogens (tertiary/aromatic N) is 5. The summed E-state index contributed by atoms with van der Waals surface area (Å²) in [5.41, 5.74) is 0.557. The molecule has 7 nitrogen and oxygen atoms in total. The van der Waals surface area contributed by atoms with E-state index < -0.39 is 6.36 Å². The van der Waals surface area contributed by atoms with Gasteiger partial charge in [-0.25, -0.2) is 0 Å². The van der Waals surface area contributed by atoms with Crippen LogP contribution < -0.4 is 10.1 Å². The molecule has 0 saturated carbocycles. The zero-order valence-electron chi connectivity index (χ0n) is 12.7. The molecular weight excluding hydrogens is 313 g/mol. The van der Waals surface area contributed by atoms with Gasteiger partial charge in [-0.3, -0.25) is 4.90 Å². The SMILES string of the molecule is CNCCN(C)Cc1nnnn1-c1ccc(OC(F)(F)F)cc1. The molecule has 2 aromatic rings. The smallest absolute Gasteiger partial charge is 0.406 e. The van der Waals surface area contributed by atoms with Crippen molar-refractivity contribution in [2.45, 2.75) is 12.9 Å². The second-order valence-corrected chi connectivity index (χ2v) is 4.89. The number of ether oxygens (including phenoxy) is 1. The molecule has 1 heterocycles. The fourth-order valence-corrected chi connectivity index (χ4v) is 1.92. The van der Waals surface area contributed by atoms with Gasteiger partial charge in [-0.1, -0.05) is 0 Å². The molecule has 0 aliphatic heterocycles. The molecule has 0 aliphatic rings. The van der Waals surface area contributed by atoms with Crippen LogP contribution >= 0.6 is 0 Å². The zero-order chi connectivity index (χ0) is 16.9. The Bertz CT molecular complexity index is 613. The van der Waals surface area contributed by atoms with E-state index in [1.165, 1.54) is 28.9 Å². The Morgan fingerprint density at radius 2 is 1.96 bits per heavy atom. The van der Waals surface area contributed by atoms with Crippen molar-refractivity contribution in [1.29, 1.82) is 0 Å². The summed E-state index contributed by atoms with van der Waals surface area (Å²) < 4.78 is 41.8. The van der Waals surface area contributed by atoms with Gasteiger partial charge in [0.05, 0.1) is 12.2 Å². The second kappa shape index (κ2) is 7.38. The van der Waals surface area contributed by atoms with Crippen LogP contribution in [0.25, 0.3) is 5.69 Å². The van der Waals surface area contributed by atoms with Gasteiger partial charge in [0, 0.05) is 13.1 Å². The predicted octanol–water partition coefficient (Wildman–Crippen LogP) is 1.21. The highest BCUT2D eigenvalue weighted by atomic mass is 19.4. The van der Waals surface area contributed by atoms with E-state index in [4.69, 9.17) is 0 Å². The van der Waals surface area contributed by atoms with E-state index in [9.17, 15) is 13.2 Å². The van der Waals surface area contributed by atoms with E-state index in [-0.39, 0.29) is 5.75 Å².